The zero-order valence-electron chi connectivity index (χ0n) is 14.5. The molecule has 0 spiro atoms. The summed E-state index contributed by atoms with van der Waals surface area (Å²) in [7, 11) is 1.82. The van der Waals surface area contributed by atoms with Crippen LogP contribution in [0.15, 0.2) is 41.9 Å². The standard InChI is InChI=1S/C19H24FN3OS/c1-22(19(24)8-7-16-5-2-3-9-21-16)13-17-11-15(20)12-23(17)14-18-6-4-10-25-18/h2-6,9-10,15,17H,7-8,11-14H2,1H3/t15-,17-/m0/s1. The van der Waals surface area contributed by atoms with E-state index in [2.05, 4.69) is 16.0 Å². The largest absolute Gasteiger partial charge is 0.344 e. The number of hydrogen-bond donors (Lipinski definition) is 0. The summed E-state index contributed by atoms with van der Waals surface area (Å²) >= 11 is 1.69. The average molecular weight is 361 g/mol. The highest BCUT2D eigenvalue weighted by molar-refractivity contribution is 7.09. The van der Waals surface area contributed by atoms with Crippen LogP contribution in [0.1, 0.15) is 23.4 Å². The van der Waals surface area contributed by atoms with E-state index in [1.165, 1.54) is 4.88 Å². The molecule has 1 aliphatic rings. The number of thiophene rings is 1. The van der Waals surface area contributed by atoms with Crippen molar-refractivity contribution in [1.29, 1.82) is 0 Å². The fourth-order valence-corrected chi connectivity index (χ4v) is 4.03. The van der Waals surface area contributed by atoms with Crippen molar-refractivity contribution in [2.45, 2.75) is 38.0 Å². The van der Waals surface area contributed by atoms with Gasteiger partial charge in [0, 0.05) is 55.9 Å². The molecule has 0 bridgehead atoms. The normalized spacial score (nSPS) is 20.7. The maximum atomic E-state index is 13.9. The second-order valence-electron chi connectivity index (χ2n) is 6.59. The Hall–Kier alpha value is -1.79. The topological polar surface area (TPSA) is 36.4 Å². The number of halogens is 1. The molecule has 4 nitrogen and oxygen atoms in total. The Morgan fingerprint density at radius 1 is 1.40 bits per heavy atom. The van der Waals surface area contributed by atoms with Crippen LogP contribution in [-0.2, 0) is 17.8 Å². The monoisotopic (exact) mass is 361 g/mol. The maximum Gasteiger partial charge on any atom is 0.222 e. The number of pyridine rings is 1. The van der Waals surface area contributed by atoms with E-state index in [0.717, 1.165) is 12.2 Å². The number of amides is 1. The molecule has 2 aromatic heterocycles. The van der Waals surface area contributed by atoms with E-state index in [1.54, 1.807) is 22.4 Å². The third-order valence-electron chi connectivity index (χ3n) is 4.65. The molecule has 0 aliphatic carbocycles. The van der Waals surface area contributed by atoms with E-state index < -0.39 is 6.17 Å². The van der Waals surface area contributed by atoms with Crippen LogP contribution < -0.4 is 0 Å². The molecule has 2 atom stereocenters. The second kappa shape index (κ2) is 8.54. The van der Waals surface area contributed by atoms with Gasteiger partial charge in [-0.25, -0.2) is 4.39 Å². The number of nitrogens with zero attached hydrogens (tertiary/aromatic N) is 3. The SMILES string of the molecule is CN(C[C@@H]1C[C@H](F)CN1Cc1cccs1)C(=O)CCc1ccccn1. The van der Waals surface area contributed by atoms with Gasteiger partial charge in [-0.15, -0.1) is 11.3 Å². The van der Waals surface area contributed by atoms with E-state index in [1.807, 2.05) is 36.7 Å². The molecule has 6 heteroatoms. The van der Waals surface area contributed by atoms with Crippen molar-refractivity contribution in [3.63, 3.8) is 0 Å². The number of aromatic nitrogens is 1. The summed E-state index contributed by atoms with van der Waals surface area (Å²) < 4.78 is 13.9. The highest BCUT2D eigenvalue weighted by atomic mass is 32.1. The molecule has 0 aromatic carbocycles. The molecule has 0 N–H and O–H groups in total. The van der Waals surface area contributed by atoms with Crippen LogP contribution in [0.25, 0.3) is 0 Å². The van der Waals surface area contributed by atoms with Gasteiger partial charge in [-0.3, -0.25) is 14.7 Å². The van der Waals surface area contributed by atoms with Crippen molar-refractivity contribution in [2.75, 3.05) is 20.1 Å². The fraction of sp³-hybridized carbons (Fsp3) is 0.474. The summed E-state index contributed by atoms with van der Waals surface area (Å²) in [5, 5.41) is 2.04. The molecule has 0 saturated carbocycles. The number of likely N-dealkylation sites (N-methyl/N-ethyl adjacent to an activating group) is 1. The number of rotatable bonds is 7. The van der Waals surface area contributed by atoms with E-state index >= 15 is 0 Å². The lowest BCUT2D eigenvalue weighted by Gasteiger charge is -2.28. The summed E-state index contributed by atoms with van der Waals surface area (Å²) in [4.78, 5) is 21.8. The van der Waals surface area contributed by atoms with Crippen LogP contribution in [0.4, 0.5) is 4.39 Å². The molecular weight excluding hydrogens is 337 g/mol. The molecular formula is C19H24FN3OS. The number of hydrogen-bond acceptors (Lipinski definition) is 4. The molecule has 134 valence electrons. The highest BCUT2D eigenvalue weighted by Gasteiger charge is 2.33. The minimum atomic E-state index is -0.804. The first-order valence-corrected chi connectivity index (χ1v) is 9.54. The molecule has 0 radical (unpaired) electrons. The highest BCUT2D eigenvalue weighted by Crippen LogP contribution is 2.25. The van der Waals surface area contributed by atoms with E-state index in [4.69, 9.17) is 0 Å². The Balaban J connectivity index is 1.51. The Morgan fingerprint density at radius 2 is 2.28 bits per heavy atom. The Morgan fingerprint density at radius 3 is 3.00 bits per heavy atom. The number of carbonyl (C=O) groups excluding carboxylic acids is 1. The Labute approximate surface area is 152 Å². The van der Waals surface area contributed by atoms with Crippen molar-refractivity contribution in [3.8, 4) is 0 Å². The van der Waals surface area contributed by atoms with Gasteiger partial charge < -0.3 is 4.90 Å². The maximum absolute atomic E-state index is 13.9. The summed E-state index contributed by atoms with van der Waals surface area (Å²) in [6.45, 7) is 1.80. The summed E-state index contributed by atoms with van der Waals surface area (Å²) in [5.41, 5.74) is 0.924. The van der Waals surface area contributed by atoms with Gasteiger partial charge in [0.1, 0.15) is 6.17 Å². The number of likely N-dealkylation sites (tertiary alicyclic amines) is 1. The first-order chi connectivity index (χ1) is 12.1. The lowest BCUT2D eigenvalue weighted by atomic mass is 10.1. The minimum Gasteiger partial charge on any atom is -0.344 e. The van der Waals surface area contributed by atoms with Gasteiger partial charge >= 0.3 is 0 Å². The zero-order chi connectivity index (χ0) is 17.6. The number of carbonyl (C=O) groups is 1. The molecule has 1 saturated heterocycles. The fourth-order valence-electron chi connectivity index (χ4n) is 3.30. The lowest BCUT2D eigenvalue weighted by molar-refractivity contribution is -0.130. The van der Waals surface area contributed by atoms with Crippen LogP contribution in [0.3, 0.4) is 0 Å². The molecule has 3 heterocycles. The lowest BCUT2D eigenvalue weighted by Crippen LogP contribution is -2.40. The van der Waals surface area contributed by atoms with Crippen molar-refractivity contribution in [1.82, 2.24) is 14.8 Å². The molecule has 2 aromatic rings. The smallest absolute Gasteiger partial charge is 0.222 e. The summed E-state index contributed by atoms with van der Waals surface area (Å²) in [6.07, 6.45) is 2.51. The van der Waals surface area contributed by atoms with E-state index in [0.29, 0.717) is 32.4 Å². The van der Waals surface area contributed by atoms with Crippen molar-refractivity contribution in [3.05, 3.63) is 52.5 Å². The molecule has 1 fully saturated rings. The molecule has 0 unspecified atom stereocenters. The van der Waals surface area contributed by atoms with Crippen LogP contribution in [-0.4, -0.2) is 53.0 Å². The zero-order valence-corrected chi connectivity index (χ0v) is 15.3. The van der Waals surface area contributed by atoms with Crippen LogP contribution in [0, 0.1) is 0 Å². The van der Waals surface area contributed by atoms with Crippen molar-refractivity contribution in [2.24, 2.45) is 0 Å². The molecule has 1 aliphatic heterocycles. The first kappa shape index (κ1) is 18.0. The third-order valence-corrected chi connectivity index (χ3v) is 5.51. The Bertz CT molecular complexity index is 665. The minimum absolute atomic E-state index is 0.0842. The molecule has 25 heavy (non-hydrogen) atoms. The van der Waals surface area contributed by atoms with Crippen LogP contribution in [0.2, 0.25) is 0 Å². The van der Waals surface area contributed by atoms with Gasteiger partial charge in [-0.2, -0.15) is 0 Å². The number of aryl methyl sites for hydroxylation is 1. The third kappa shape index (κ3) is 5.09. The Kier molecular flexibility index (Phi) is 6.15. The quantitative estimate of drug-likeness (QED) is 0.760. The van der Waals surface area contributed by atoms with E-state index in [-0.39, 0.29) is 11.9 Å². The van der Waals surface area contributed by atoms with Crippen LogP contribution in [0.5, 0.6) is 0 Å². The van der Waals surface area contributed by atoms with Gasteiger partial charge in [0.05, 0.1) is 0 Å². The predicted octanol–water partition coefficient (Wildman–Crippen LogP) is 3.15. The number of alkyl halides is 1. The van der Waals surface area contributed by atoms with Gasteiger partial charge in [0.25, 0.3) is 0 Å². The van der Waals surface area contributed by atoms with Crippen molar-refractivity contribution < 1.29 is 9.18 Å². The average Bonchev–Trinajstić information content (AvgIpc) is 3.24. The first-order valence-electron chi connectivity index (χ1n) is 8.66. The molecule has 1 amide bonds. The van der Waals surface area contributed by atoms with Gasteiger partial charge in [-0.1, -0.05) is 12.1 Å². The second-order valence-corrected chi connectivity index (χ2v) is 7.62. The van der Waals surface area contributed by atoms with Gasteiger partial charge in [0.15, 0.2) is 0 Å². The van der Waals surface area contributed by atoms with Crippen molar-refractivity contribution >= 4 is 17.2 Å². The van der Waals surface area contributed by atoms with Gasteiger partial charge in [-0.05, 0) is 36.4 Å². The van der Waals surface area contributed by atoms with Gasteiger partial charge in [0.2, 0.25) is 5.91 Å². The van der Waals surface area contributed by atoms with Crippen LogP contribution >= 0.6 is 11.3 Å². The summed E-state index contributed by atoms with van der Waals surface area (Å²) in [5.74, 6) is 0.0871. The summed E-state index contributed by atoms with van der Waals surface area (Å²) in [6, 6.07) is 9.91. The van der Waals surface area contributed by atoms with E-state index in [9.17, 15) is 9.18 Å². The molecule has 3 rings (SSSR count). The predicted molar refractivity (Wildman–Crippen MR) is 98.2 cm³/mol.